The van der Waals surface area contributed by atoms with Crippen LogP contribution < -0.4 is 0 Å². The smallest absolute Gasteiger partial charge is 0.318 e. The van der Waals surface area contributed by atoms with Crippen LogP contribution in [0.2, 0.25) is 0 Å². The number of carbonyl (C=O) groups is 4. The van der Waals surface area contributed by atoms with E-state index in [1.165, 1.54) is 19.3 Å². The number of carbonyl (C=O) groups excluding carboxylic acids is 4. The largest absolute Gasteiger partial charge is 0.465 e. The minimum atomic E-state index is -0.857. The summed E-state index contributed by atoms with van der Waals surface area (Å²) in [5.74, 6) is 0.598. The van der Waals surface area contributed by atoms with Gasteiger partial charge in [-0.25, -0.2) is 0 Å². The zero-order valence-electron chi connectivity index (χ0n) is 28.1. The molecule has 44 heavy (non-hydrogen) atoms. The maximum atomic E-state index is 14.8. The summed E-state index contributed by atoms with van der Waals surface area (Å²) in [4.78, 5) is 53.1. The molecular formula is C37H54O7. The SMILES string of the molecule is CC1C(=O)OC(=O)C1C(C)(C)C(CC(C)(C)C1C(C)C2CC1C1COC(=O)C21)C(=O)OC(C)(C)C12CC3CC(CC(C3)C1)C2. The molecule has 244 valence electrons. The lowest BCUT2D eigenvalue weighted by Gasteiger charge is -2.61. The summed E-state index contributed by atoms with van der Waals surface area (Å²) < 4.78 is 17.4. The van der Waals surface area contributed by atoms with Gasteiger partial charge in [-0.15, -0.1) is 0 Å². The second-order valence-electron chi connectivity index (χ2n) is 18.5. The van der Waals surface area contributed by atoms with Crippen LogP contribution in [-0.2, 0) is 33.4 Å². The normalized spacial score (nSPS) is 45.0. The van der Waals surface area contributed by atoms with Crippen LogP contribution in [0.15, 0.2) is 0 Å². The molecule has 7 heteroatoms. The van der Waals surface area contributed by atoms with E-state index in [0.717, 1.165) is 43.4 Å². The molecule has 6 aliphatic carbocycles. The van der Waals surface area contributed by atoms with Crippen LogP contribution in [0.5, 0.6) is 0 Å². The van der Waals surface area contributed by atoms with Gasteiger partial charge < -0.3 is 14.2 Å². The molecule has 0 aromatic carbocycles. The Morgan fingerprint density at radius 3 is 1.98 bits per heavy atom. The van der Waals surface area contributed by atoms with Crippen molar-refractivity contribution in [1.82, 2.24) is 0 Å². The first kappa shape index (κ1) is 30.7. The Morgan fingerprint density at radius 1 is 0.841 bits per heavy atom. The topological polar surface area (TPSA) is 96.0 Å². The summed E-state index contributed by atoms with van der Waals surface area (Å²) in [6, 6.07) is 0. The Hall–Kier alpha value is -1.92. The number of hydrogen-bond donors (Lipinski definition) is 0. The number of rotatable bonds is 8. The number of ether oxygens (including phenoxy) is 3. The van der Waals surface area contributed by atoms with Gasteiger partial charge in [-0.3, -0.25) is 19.2 Å². The molecule has 6 bridgehead atoms. The summed E-state index contributed by atoms with van der Waals surface area (Å²) in [5, 5.41) is 0. The lowest BCUT2D eigenvalue weighted by atomic mass is 9.46. The predicted octanol–water partition coefficient (Wildman–Crippen LogP) is 6.61. The van der Waals surface area contributed by atoms with Crippen LogP contribution in [0.4, 0.5) is 0 Å². The van der Waals surface area contributed by atoms with E-state index in [1.54, 1.807) is 6.92 Å². The molecule has 9 atom stereocenters. The van der Waals surface area contributed by atoms with Gasteiger partial charge in [0.1, 0.15) is 5.60 Å². The lowest BCUT2D eigenvalue weighted by molar-refractivity contribution is -0.208. The molecule has 0 radical (unpaired) electrons. The van der Waals surface area contributed by atoms with Gasteiger partial charge in [0.25, 0.3) is 0 Å². The first-order valence-electron chi connectivity index (χ1n) is 17.6. The summed E-state index contributed by atoms with van der Waals surface area (Å²) in [6.45, 7) is 17.3. The average Bonchev–Trinajstić information content (AvgIpc) is 3.62. The number of cyclic esters (lactones) is 3. The molecule has 8 fully saturated rings. The molecule has 0 spiro atoms. The molecule has 0 amide bonds. The summed E-state index contributed by atoms with van der Waals surface area (Å²) in [7, 11) is 0. The van der Waals surface area contributed by atoms with Crippen molar-refractivity contribution in [2.45, 2.75) is 112 Å². The third-order valence-corrected chi connectivity index (χ3v) is 15.0. The first-order chi connectivity index (χ1) is 20.5. The zero-order chi connectivity index (χ0) is 31.7. The van der Waals surface area contributed by atoms with Crippen LogP contribution in [-0.4, -0.2) is 36.1 Å². The molecule has 2 saturated heterocycles. The molecule has 9 unspecified atom stereocenters. The van der Waals surface area contributed by atoms with Crippen LogP contribution in [0, 0.1) is 87.3 Å². The van der Waals surface area contributed by atoms with Crippen LogP contribution in [0.1, 0.15) is 107 Å². The van der Waals surface area contributed by atoms with Crippen LogP contribution in [0.3, 0.4) is 0 Å². The maximum Gasteiger partial charge on any atom is 0.318 e. The molecule has 2 heterocycles. The maximum absolute atomic E-state index is 14.8. The molecule has 0 N–H and O–H groups in total. The molecule has 2 aliphatic heterocycles. The second-order valence-corrected chi connectivity index (χ2v) is 18.5. The van der Waals surface area contributed by atoms with Crippen molar-refractivity contribution in [1.29, 1.82) is 0 Å². The van der Waals surface area contributed by atoms with E-state index in [9.17, 15) is 19.2 Å². The van der Waals surface area contributed by atoms with Gasteiger partial charge in [-0.1, -0.05) is 41.5 Å². The highest BCUT2D eigenvalue weighted by Gasteiger charge is 2.66. The fourth-order valence-electron chi connectivity index (χ4n) is 13.3. The quantitative estimate of drug-likeness (QED) is 0.173. The predicted molar refractivity (Wildman–Crippen MR) is 162 cm³/mol. The Morgan fingerprint density at radius 2 is 1.43 bits per heavy atom. The highest BCUT2D eigenvalue weighted by Crippen LogP contribution is 2.67. The van der Waals surface area contributed by atoms with E-state index >= 15 is 0 Å². The standard InChI is InChI=1S/C37H54O7/c1-18-23-12-24(25-17-42-32(40)27(23)25)28(18)34(3,4)16-26(35(5,6)29-19(2)30(38)43-33(29)41)31(39)44-36(7,8)37-13-20-9-21(14-37)11-22(10-20)15-37/h18-29H,9-17H2,1-8H3. The van der Waals surface area contributed by atoms with Gasteiger partial charge in [0.15, 0.2) is 0 Å². The van der Waals surface area contributed by atoms with Gasteiger partial charge in [0, 0.05) is 11.3 Å². The van der Waals surface area contributed by atoms with Crippen LogP contribution >= 0.6 is 0 Å². The Bertz CT molecular complexity index is 1220. The fraction of sp³-hybridized carbons (Fsp3) is 0.892. The summed E-state index contributed by atoms with van der Waals surface area (Å²) in [6.07, 6.45) is 8.94. The highest BCUT2D eigenvalue weighted by molar-refractivity contribution is 5.97. The minimum absolute atomic E-state index is 0.000306. The number of fused-ring (bicyclic) bond motifs is 5. The zero-order valence-corrected chi connectivity index (χ0v) is 28.1. The number of hydrogen-bond acceptors (Lipinski definition) is 7. The Labute approximate surface area is 263 Å². The fourth-order valence-corrected chi connectivity index (χ4v) is 13.3. The van der Waals surface area contributed by atoms with Crippen molar-refractivity contribution < 1.29 is 33.4 Å². The molecular weight excluding hydrogens is 556 g/mol. The van der Waals surface area contributed by atoms with E-state index in [-0.39, 0.29) is 34.6 Å². The van der Waals surface area contributed by atoms with Crippen molar-refractivity contribution in [2.24, 2.45) is 87.3 Å². The minimum Gasteiger partial charge on any atom is -0.465 e. The van der Waals surface area contributed by atoms with Gasteiger partial charge in [-0.05, 0) is 117 Å². The Kier molecular flexibility index (Phi) is 6.84. The highest BCUT2D eigenvalue weighted by atomic mass is 16.6. The lowest BCUT2D eigenvalue weighted by Crippen LogP contribution is -2.58. The van der Waals surface area contributed by atoms with Crippen LogP contribution in [0.25, 0.3) is 0 Å². The number of esters is 4. The van der Waals surface area contributed by atoms with E-state index in [4.69, 9.17) is 14.2 Å². The summed E-state index contributed by atoms with van der Waals surface area (Å²) in [5.41, 5.74) is -1.74. The molecule has 6 saturated carbocycles. The third-order valence-electron chi connectivity index (χ3n) is 15.0. The third kappa shape index (κ3) is 4.32. The van der Waals surface area contributed by atoms with Crippen molar-refractivity contribution in [2.75, 3.05) is 6.61 Å². The molecule has 8 aliphatic rings. The average molecular weight is 611 g/mol. The monoisotopic (exact) mass is 610 g/mol. The van der Waals surface area contributed by atoms with Crippen molar-refractivity contribution in [3.8, 4) is 0 Å². The molecule has 0 aromatic heterocycles. The molecule has 8 rings (SSSR count). The van der Waals surface area contributed by atoms with E-state index < -0.39 is 40.7 Å². The van der Waals surface area contributed by atoms with E-state index in [1.807, 2.05) is 13.8 Å². The van der Waals surface area contributed by atoms with Crippen molar-refractivity contribution in [3.63, 3.8) is 0 Å². The van der Waals surface area contributed by atoms with Gasteiger partial charge in [0.05, 0.1) is 30.3 Å². The van der Waals surface area contributed by atoms with Gasteiger partial charge in [0.2, 0.25) is 0 Å². The van der Waals surface area contributed by atoms with E-state index in [0.29, 0.717) is 36.7 Å². The van der Waals surface area contributed by atoms with Gasteiger partial charge in [-0.2, -0.15) is 0 Å². The van der Waals surface area contributed by atoms with E-state index in [2.05, 4.69) is 34.6 Å². The van der Waals surface area contributed by atoms with Crippen molar-refractivity contribution in [3.05, 3.63) is 0 Å². The second kappa shape index (κ2) is 9.80. The Balaban J connectivity index is 1.19. The first-order valence-corrected chi connectivity index (χ1v) is 17.6. The summed E-state index contributed by atoms with van der Waals surface area (Å²) >= 11 is 0. The molecule has 0 aromatic rings. The van der Waals surface area contributed by atoms with Gasteiger partial charge >= 0.3 is 23.9 Å². The molecule has 7 nitrogen and oxygen atoms in total. The van der Waals surface area contributed by atoms with Crippen molar-refractivity contribution >= 4 is 23.9 Å².